The number of nitrogens with zero attached hydrogens (tertiary/aromatic N) is 5. The number of carbonyl (C=O) groups is 1. The highest BCUT2D eigenvalue weighted by atomic mass is 79.9. The summed E-state index contributed by atoms with van der Waals surface area (Å²) in [5, 5.41) is 20.6. The first-order valence-electron chi connectivity index (χ1n) is 10.1. The second-order valence-electron chi connectivity index (χ2n) is 7.62. The lowest BCUT2D eigenvalue weighted by Crippen LogP contribution is -2.22. The van der Waals surface area contributed by atoms with Gasteiger partial charge in [-0.25, -0.2) is 4.98 Å². The van der Waals surface area contributed by atoms with Crippen LogP contribution >= 0.6 is 15.9 Å². The van der Waals surface area contributed by atoms with Crippen molar-refractivity contribution in [2.75, 3.05) is 13.1 Å². The predicted molar refractivity (Wildman–Crippen MR) is 123 cm³/mol. The van der Waals surface area contributed by atoms with E-state index in [0.717, 1.165) is 52.2 Å². The summed E-state index contributed by atoms with van der Waals surface area (Å²) in [6.07, 6.45) is 2.32. The molecule has 1 aliphatic heterocycles. The summed E-state index contributed by atoms with van der Waals surface area (Å²) in [4.78, 5) is 19.3. The minimum atomic E-state index is -0.555. The normalized spacial score (nSPS) is 14.9. The van der Waals surface area contributed by atoms with Crippen LogP contribution in [0.2, 0.25) is 0 Å². The molecule has 2 aromatic carbocycles. The van der Waals surface area contributed by atoms with Gasteiger partial charge in [-0.05, 0) is 56.3 Å². The lowest BCUT2D eigenvalue weighted by molar-refractivity contribution is 0.0990. The summed E-state index contributed by atoms with van der Waals surface area (Å²) in [6, 6.07) is 16.8. The van der Waals surface area contributed by atoms with E-state index >= 15 is 0 Å². The Hall–Kier alpha value is -3.10. The van der Waals surface area contributed by atoms with Gasteiger partial charge >= 0.3 is 5.91 Å². The smallest absolute Gasteiger partial charge is 0.313 e. The van der Waals surface area contributed by atoms with Crippen LogP contribution in [0.5, 0.6) is 5.88 Å². The molecule has 1 amide bonds. The molecule has 156 valence electrons. The van der Waals surface area contributed by atoms with Crippen LogP contribution in [0.4, 0.5) is 5.69 Å². The Morgan fingerprint density at radius 2 is 1.90 bits per heavy atom. The van der Waals surface area contributed by atoms with Crippen LogP contribution in [0.15, 0.2) is 69.3 Å². The number of halogens is 1. The number of hydrogen-bond acceptors (Lipinski definition) is 5. The maximum absolute atomic E-state index is 12.6. The molecule has 1 aliphatic rings. The van der Waals surface area contributed by atoms with Gasteiger partial charge in [0.1, 0.15) is 5.69 Å². The second kappa shape index (κ2) is 8.20. The molecule has 0 bridgehead atoms. The average Bonchev–Trinajstić information content (AvgIpc) is 3.39. The van der Waals surface area contributed by atoms with E-state index in [0.29, 0.717) is 6.67 Å². The number of hydrogen-bond donors (Lipinski definition) is 1. The van der Waals surface area contributed by atoms with Crippen molar-refractivity contribution in [3.05, 3.63) is 64.8 Å². The first-order chi connectivity index (χ1) is 15.1. The molecule has 4 aromatic rings. The van der Waals surface area contributed by atoms with Gasteiger partial charge in [0.2, 0.25) is 5.88 Å². The van der Waals surface area contributed by atoms with Crippen LogP contribution < -0.4 is 0 Å². The molecule has 0 radical (unpaired) electrons. The first-order valence-corrected chi connectivity index (χ1v) is 10.9. The Labute approximate surface area is 187 Å². The van der Waals surface area contributed by atoms with Crippen LogP contribution in [-0.2, 0) is 6.67 Å². The molecular weight excluding hydrogens is 458 g/mol. The summed E-state index contributed by atoms with van der Waals surface area (Å²) in [7, 11) is 0. The number of likely N-dealkylation sites (tertiary alicyclic amines) is 1. The molecule has 0 unspecified atom stereocenters. The van der Waals surface area contributed by atoms with Crippen LogP contribution in [0, 0.1) is 0 Å². The largest absolute Gasteiger partial charge is 0.493 e. The Kier molecular flexibility index (Phi) is 5.25. The van der Waals surface area contributed by atoms with E-state index in [4.69, 9.17) is 0 Å². The number of azo groups is 1. The minimum absolute atomic E-state index is 0.00280. The zero-order chi connectivity index (χ0) is 21.4. The van der Waals surface area contributed by atoms with E-state index < -0.39 is 5.91 Å². The zero-order valence-corrected chi connectivity index (χ0v) is 18.3. The van der Waals surface area contributed by atoms with Gasteiger partial charge in [-0.2, -0.15) is 0 Å². The van der Waals surface area contributed by atoms with E-state index in [-0.39, 0.29) is 17.3 Å². The topological polar surface area (TPSA) is 83.1 Å². The van der Waals surface area contributed by atoms with E-state index in [2.05, 4.69) is 36.0 Å². The molecule has 0 atom stereocenters. The minimum Gasteiger partial charge on any atom is -0.493 e. The molecule has 1 N–H and O–H groups in total. The van der Waals surface area contributed by atoms with E-state index in [9.17, 15) is 9.90 Å². The number of aromatic nitrogens is 2. The van der Waals surface area contributed by atoms with Crippen molar-refractivity contribution in [2.45, 2.75) is 19.5 Å². The molecule has 0 spiro atoms. The van der Waals surface area contributed by atoms with Crippen molar-refractivity contribution >= 4 is 49.3 Å². The third-order valence-electron chi connectivity index (χ3n) is 5.57. The highest BCUT2D eigenvalue weighted by Crippen LogP contribution is 2.40. The molecular formula is C23H20BrN5O2. The fraction of sp³-hybridized carbons (Fsp3) is 0.217. The van der Waals surface area contributed by atoms with Gasteiger partial charge < -0.3 is 5.11 Å². The lowest BCUT2D eigenvalue weighted by atomic mass is 10.2. The van der Waals surface area contributed by atoms with Crippen molar-refractivity contribution in [2.24, 2.45) is 10.2 Å². The van der Waals surface area contributed by atoms with Crippen molar-refractivity contribution in [1.29, 1.82) is 0 Å². The van der Waals surface area contributed by atoms with Crippen LogP contribution in [0.1, 0.15) is 23.3 Å². The van der Waals surface area contributed by atoms with Crippen molar-refractivity contribution < 1.29 is 9.90 Å². The standard InChI is InChI=1S/C23H20BrN5O2/c24-16-8-10-20-17(13-16)21(23(31)29(20)14-28-11-3-4-12-28)26-27-22(30)19-9-7-15-5-1-2-6-18(15)25-19/h1-2,5-10,13,31H,3-4,11-12,14H2. The maximum Gasteiger partial charge on any atom is 0.313 e. The Morgan fingerprint density at radius 3 is 2.74 bits per heavy atom. The highest BCUT2D eigenvalue weighted by molar-refractivity contribution is 9.10. The number of aromatic hydroxyl groups is 1. The molecule has 2 aromatic heterocycles. The molecule has 1 fully saturated rings. The highest BCUT2D eigenvalue weighted by Gasteiger charge is 2.21. The molecule has 5 rings (SSSR count). The summed E-state index contributed by atoms with van der Waals surface area (Å²) < 4.78 is 2.68. The number of para-hydroxylation sites is 1. The quantitative estimate of drug-likeness (QED) is 0.385. The molecule has 3 heterocycles. The second-order valence-corrected chi connectivity index (χ2v) is 8.54. The van der Waals surface area contributed by atoms with Gasteiger partial charge in [-0.3, -0.25) is 14.3 Å². The molecule has 7 nitrogen and oxygen atoms in total. The van der Waals surface area contributed by atoms with Crippen molar-refractivity contribution in [3.63, 3.8) is 0 Å². The molecule has 8 heteroatoms. The third kappa shape index (κ3) is 3.84. The van der Waals surface area contributed by atoms with Crippen LogP contribution in [0.3, 0.4) is 0 Å². The number of rotatable bonds is 4. The molecule has 31 heavy (non-hydrogen) atoms. The fourth-order valence-corrected chi connectivity index (χ4v) is 4.35. The number of pyridine rings is 1. The van der Waals surface area contributed by atoms with Gasteiger partial charge in [-0.1, -0.05) is 40.2 Å². The Bertz CT molecular complexity index is 1320. The maximum atomic E-state index is 12.6. The first kappa shape index (κ1) is 19.8. The summed E-state index contributed by atoms with van der Waals surface area (Å²) in [5.41, 5.74) is 2.06. The van der Waals surface area contributed by atoms with Gasteiger partial charge in [-0.15, -0.1) is 10.2 Å². The monoisotopic (exact) mass is 477 g/mol. The Balaban J connectivity index is 1.51. The number of carbonyl (C=O) groups excluding carboxylic acids is 1. The van der Waals surface area contributed by atoms with Gasteiger partial charge in [0, 0.05) is 15.2 Å². The van der Waals surface area contributed by atoms with Gasteiger partial charge in [0.25, 0.3) is 0 Å². The van der Waals surface area contributed by atoms with E-state index in [1.54, 1.807) is 6.07 Å². The van der Waals surface area contributed by atoms with E-state index in [1.807, 2.05) is 53.1 Å². The number of amides is 1. The average molecular weight is 478 g/mol. The summed E-state index contributed by atoms with van der Waals surface area (Å²) in [6.45, 7) is 2.57. The number of fused-ring (bicyclic) bond motifs is 2. The van der Waals surface area contributed by atoms with Gasteiger partial charge in [0.15, 0.2) is 5.69 Å². The molecule has 0 saturated carbocycles. The molecule has 1 saturated heterocycles. The van der Waals surface area contributed by atoms with Gasteiger partial charge in [0.05, 0.1) is 17.7 Å². The van der Waals surface area contributed by atoms with E-state index in [1.165, 1.54) is 0 Å². The zero-order valence-electron chi connectivity index (χ0n) is 16.7. The lowest BCUT2D eigenvalue weighted by Gasteiger charge is -2.17. The van der Waals surface area contributed by atoms with Crippen LogP contribution in [0.25, 0.3) is 21.8 Å². The summed E-state index contributed by atoms with van der Waals surface area (Å²) in [5.74, 6) is -0.552. The SMILES string of the molecule is O=C(N=Nc1c(O)n(CN2CCCC2)c2ccc(Br)cc12)c1ccc2ccccc2n1. The van der Waals surface area contributed by atoms with Crippen LogP contribution in [-0.4, -0.2) is 38.6 Å². The molecule has 0 aliphatic carbocycles. The summed E-state index contributed by atoms with van der Waals surface area (Å²) >= 11 is 3.48. The third-order valence-corrected chi connectivity index (χ3v) is 6.06. The predicted octanol–water partition coefficient (Wildman–Crippen LogP) is 5.64. The van der Waals surface area contributed by atoms with Crippen molar-refractivity contribution in [1.82, 2.24) is 14.5 Å². The van der Waals surface area contributed by atoms with Crippen molar-refractivity contribution in [3.8, 4) is 5.88 Å². The number of benzene rings is 2. The fourth-order valence-electron chi connectivity index (χ4n) is 3.99. The Morgan fingerprint density at radius 1 is 1.10 bits per heavy atom.